The Hall–Kier alpha value is -2.16. The van der Waals surface area contributed by atoms with Crippen LogP contribution in [0, 0.1) is 6.92 Å². The number of hydrogen-bond acceptors (Lipinski definition) is 6. The molecule has 0 saturated carbocycles. The lowest BCUT2D eigenvalue weighted by atomic mass is 10.2. The average Bonchev–Trinajstić information content (AvgIpc) is 2.80. The quantitative estimate of drug-likeness (QED) is 0.649. The van der Waals surface area contributed by atoms with Crippen LogP contribution in [0.3, 0.4) is 0 Å². The first kappa shape index (κ1) is 15.9. The van der Waals surface area contributed by atoms with E-state index in [9.17, 15) is 14.4 Å². The molecule has 1 aromatic rings. The largest absolute Gasteiger partial charge is 0.480 e. The van der Waals surface area contributed by atoms with Crippen molar-refractivity contribution in [2.24, 2.45) is 0 Å². The number of nitrogens with one attached hydrogen (secondary N) is 2. The van der Waals surface area contributed by atoms with Gasteiger partial charge in [0.25, 0.3) is 0 Å². The molecule has 0 aliphatic heterocycles. The Morgan fingerprint density at radius 3 is 2.70 bits per heavy atom. The van der Waals surface area contributed by atoms with Crippen molar-refractivity contribution in [2.75, 3.05) is 7.11 Å². The predicted molar refractivity (Wildman–Crippen MR) is 70.3 cm³/mol. The van der Waals surface area contributed by atoms with Crippen molar-refractivity contribution in [3.63, 3.8) is 0 Å². The molecule has 0 aromatic carbocycles. The second-order valence-corrected chi connectivity index (χ2v) is 4.80. The topological polar surface area (TPSA) is 118 Å². The van der Waals surface area contributed by atoms with Crippen molar-refractivity contribution >= 4 is 29.3 Å². The van der Waals surface area contributed by atoms with E-state index in [2.05, 4.69) is 20.4 Å². The fourth-order valence-corrected chi connectivity index (χ4v) is 2.03. The van der Waals surface area contributed by atoms with Gasteiger partial charge in [-0.3, -0.25) is 4.79 Å². The van der Waals surface area contributed by atoms with Gasteiger partial charge in [-0.15, -0.1) is 11.3 Å². The average molecular weight is 301 g/mol. The van der Waals surface area contributed by atoms with Gasteiger partial charge in [-0.2, -0.15) is 0 Å². The van der Waals surface area contributed by atoms with Crippen molar-refractivity contribution < 1.29 is 24.2 Å². The molecule has 0 saturated heterocycles. The number of urea groups is 1. The Morgan fingerprint density at radius 1 is 1.50 bits per heavy atom. The Balaban J connectivity index is 2.48. The lowest BCUT2D eigenvalue weighted by Gasteiger charge is -2.13. The molecule has 1 rings (SSSR count). The van der Waals surface area contributed by atoms with Crippen molar-refractivity contribution in [2.45, 2.75) is 25.9 Å². The van der Waals surface area contributed by atoms with Crippen molar-refractivity contribution in [1.82, 2.24) is 15.6 Å². The fourth-order valence-electron chi connectivity index (χ4n) is 1.32. The van der Waals surface area contributed by atoms with Crippen LogP contribution in [0.4, 0.5) is 4.79 Å². The third kappa shape index (κ3) is 4.84. The summed E-state index contributed by atoms with van der Waals surface area (Å²) in [6.45, 7) is 2.05. The number of aryl methyl sites for hydroxylation is 1. The second-order valence-electron chi connectivity index (χ2n) is 3.86. The van der Waals surface area contributed by atoms with Gasteiger partial charge < -0.3 is 20.5 Å². The van der Waals surface area contributed by atoms with E-state index in [4.69, 9.17) is 5.11 Å². The number of rotatable bonds is 6. The highest BCUT2D eigenvalue weighted by Crippen LogP contribution is 2.11. The number of ether oxygens (including phenoxy) is 1. The lowest BCUT2D eigenvalue weighted by molar-refractivity contribution is -0.147. The maximum absolute atomic E-state index is 11.6. The summed E-state index contributed by atoms with van der Waals surface area (Å²) in [7, 11) is 1.15. The van der Waals surface area contributed by atoms with Gasteiger partial charge in [0.1, 0.15) is 6.04 Å². The molecule has 1 aromatic heterocycles. The minimum absolute atomic E-state index is 0.243. The Morgan fingerprint density at radius 2 is 2.20 bits per heavy atom. The molecule has 9 heteroatoms. The first-order valence-corrected chi connectivity index (χ1v) is 6.55. The molecule has 2 amide bonds. The van der Waals surface area contributed by atoms with Crippen LogP contribution in [0.25, 0.3) is 0 Å². The molecule has 8 nitrogen and oxygen atoms in total. The highest BCUT2D eigenvalue weighted by Gasteiger charge is 2.23. The van der Waals surface area contributed by atoms with Crippen LogP contribution < -0.4 is 10.6 Å². The van der Waals surface area contributed by atoms with E-state index in [-0.39, 0.29) is 6.54 Å². The van der Waals surface area contributed by atoms with Crippen LogP contribution in [0.5, 0.6) is 0 Å². The monoisotopic (exact) mass is 301 g/mol. The number of carbonyl (C=O) groups excluding carboxylic acids is 2. The lowest BCUT2D eigenvalue weighted by Crippen LogP contribution is -2.46. The van der Waals surface area contributed by atoms with E-state index < -0.39 is 30.4 Å². The van der Waals surface area contributed by atoms with Gasteiger partial charge in [0.2, 0.25) is 0 Å². The summed E-state index contributed by atoms with van der Waals surface area (Å²) >= 11 is 1.39. The number of amides is 2. The molecule has 0 unspecified atom stereocenters. The predicted octanol–water partition coefficient (Wildman–Crippen LogP) is 0.267. The number of carboxylic acid groups (broad SMARTS) is 1. The summed E-state index contributed by atoms with van der Waals surface area (Å²) in [6.07, 6.45) is -0.432. The molecular weight excluding hydrogens is 286 g/mol. The Kier molecular flexibility index (Phi) is 5.91. The highest BCUT2D eigenvalue weighted by atomic mass is 32.1. The molecule has 1 heterocycles. The zero-order chi connectivity index (χ0) is 15.1. The summed E-state index contributed by atoms with van der Waals surface area (Å²) < 4.78 is 4.37. The minimum Gasteiger partial charge on any atom is -0.480 e. The third-order valence-electron chi connectivity index (χ3n) is 2.46. The second kappa shape index (κ2) is 7.43. The maximum Gasteiger partial charge on any atom is 0.326 e. The number of thiazole rings is 1. The van der Waals surface area contributed by atoms with Gasteiger partial charge in [-0.05, 0) is 6.92 Å². The van der Waals surface area contributed by atoms with E-state index >= 15 is 0 Å². The molecule has 110 valence electrons. The smallest absolute Gasteiger partial charge is 0.326 e. The van der Waals surface area contributed by atoms with Crippen molar-refractivity contribution in [1.29, 1.82) is 0 Å². The number of aromatic nitrogens is 1. The van der Waals surface area contributed by atoms with Crippen LogP contribution in [0.15, 0.2) is 5.51 Å². The molecule has 0 spiro atoms. The first-order valence-electron chi connectivity index (χ1n) is 5.67. The number of methoxy groups -OCH3 is 1. The third-order valence-corrected chi connectivity index (χ3v) is 3.39. The number of hydrogen-bond donors (Lipinski definition) is 3. The summed E-state index contributed by atoms with van der Waals surface area (Å²) in [5.74, 6) is -2.02. The van der Waals surface area contributed by atoms with Crippen LogP contribution in [-0.4, -0.2) is 41.2 Å². The molecule has 0 aliphatic carbocycles. The molecule has 0 fully saturated rings. The summed E-state index contributed by atoms with van der Waals surface area (Å²) in [4.78, 5) is 38.4. The number of esters is 1. The van der Waals surface area contributed by atoms with Gasteiger partial charge in [-0.1, -0.05) is 0 Å². The van der Waals surface area contributed by atoms with Crippen LogP contribution in [0.1, 0.15) is 17.0 Å². The molecule has 1 atom stereocenters. The van der Waals surface area contributed by atoms with E-state index in [1.807, 2.05) is 6.92 Å². The van der Waals surface area contributed by atoms with Crippen LogP contribution >= 0.6 is 11.3 Å². The number of nitrogens with zero attached hydrogens (tertiary/aromatic N) is 1. The fraction of sp³-hybridized carbons (Fsp3) is 0.455. The zero-order valence-electron chi connectivity index (χ0n) is 11.0. The van der Waals surface area contributed by atoms with Gasteiger partial charge >= 0.3 is 18.0 Å². The van der Waals surface area contributed by atoms with Gasteiger partial charge in [0.05, 0.1) is 31.3 Å². The zero-order valence-corrected chi connectivity index (χ0v) is 11.8. The minimum atomic E-state index is -1.33. The van der Waals surface area contributed by atoms with Gasteiger partial charge in [0, 0.05) is 4.88 Å². The summed E-state index contributed by atoms with van der Waals surface area (Å²) in [5.41, 5.74) is 2.46. The molecular formula is C11H15N3O5S. The molecule has 20 heavy (non-hydrogen) atoms. The van der Waals surface area contributed by atoms with Crippen molar-refractivity contribution in [3.05, 3.63) is 16.1 Å². The Bertz CT molecular complexity index is 502. The van der Waals surface area contributed by atoms with E-state index in [1.165, 1.54) is 11.3 Å². The summed E-state index contributed by atoms with van der Waals surface area (Å²) in [6, 6.07) is -2.00. The van der Waals surface area contributed by atoms with E-state index in [1.54, 1.807) is 5.51 Å². The van der Waals surface area contributed by atoms with Crippen LogP contribution in [0.2, 0.25) is 0 Å². The number of aliphatic carboxylic acids is 1. The maximum atomic E-state index is 11.6. The van der Waals surface area contributed by atoms with E-state index in [0.717, 1.165) is 17.7 Å². The SMILES string of the molecule is COC(=O)C[C@H](NC(=O)NCc1scnc1C)C(=O)O. The molecule has 0 bridgehead atoms. The number of carboxylic acids is 1. The summed E-state index contributed by atoms with van der Waals surface area (Å²) in [5, 5.41) is 13.6. The highest BCUT2D eigenvalue weighted by molar-refractivity contribution is 7.09. The standard InChI is InChI=1S/C11H15N3O5S/c1-6-8(20-5-13-6)4-12-11(18)14-7(10(16)17)3-9(15)19-2/h5,7H,3-4H2,1-2H3,(H,16,17)(H2,12,14,18)/t7-/m0/s1. The van der Waals surface area contributed by atoms with E-state index in [0.29, 0.717) is 0 Å². The van der Waals surface area contributed by atoms with Crippen LogP contribution in [-0.2, 0) is 20.9 Å². The molecule has 0 aliphatic rings. The number of carbonyl (C=O) groups is 3. The Labute approximate surface area is 119 Å². The molecule has 3 N–H and O–H groups in total. The van der Waals surface area contributed by atoms with Gasteiger partial charge in [-0.25, -0.2) is 14.6 Å². The normalized spacial score (nSPS) is 11.5. The van der Waals surface area contributed by atoms with Gasteiger partial charge in [0.15, 0.2) is 0 Å². The molecule has 0 radical (unpaired) electrons. The first-order chi connectivity index (χ1) is 9.43. The van der Waals surface area contributed by atoms with Crippen molar-refractivity contribution in [3.8, 4) is 0 Å².